The Bertz CT molecular complexity index is 1100. The third kappa shape index (κ3) is 4.78. The van der Waals surface area contributed by atoms with Crippen LogP contribution >= 0.6 is 11.6 Å². The summed E-state index contributed by atoms with van der Waals surface area (Å²) in [7, 11) is 0. The van der Waals surface area contributed by atoms with Crippen LogP contribution in [0.4, 0.5) is 5.69 Å². The van der Waals surface area contributed by atoms with Crippen LogP contribution in [0.15, 0.2) is 78.9 Å². The lowest BCUT2D eigenvalue weighted by molar-refractivity contribution is -0.133. The van der Waals surface area contributed by atoms with Gasteiger partial charge in [0, 0.05) is 43.4 Å². The molecule has 0 aromatic heterocycles. The summed E-state index contributed by atoms with van der Waals surface area (Å²) in [5, 5.41) is 0.717. The number of carbonyl (C=O) groups is 1. The lowest BCUT2D eigenvalue weighted by atomic mass is 9.87. The molecule has 2 heterocycles. The van der Waals surface area contributed by atoms with E-state index in [1.807, 2.05) is 29.2 Å². The van der Waals surface area contributed by atoms with Crippen molar-refractivity contribution in [3.63, 3.8) is 0 Å². The Balaban J connectivity index is 1.25. The topological polar surface area (TPSA) is 26.8 Å². The highest BCUT2D eigenvalue weighted by Crippen LogP contribution is 2.38. The van der Waals surface area contributed by atoms with Gasteiger partial charge in [-0.25, -0.2) is 0 Å². The summed E-state index contributed by atoms with van der Waals surface area (Å²) in [4.78, 5) is 20.2. The smallest absolute Gasteiger partial charge is 0.227 e. The van der Waals surface area contributed by atoms with Gasteiger partial charge in [0.1, 0.15) is 0 Å². The predicted molar refractivity (Wildman–Crippen MR) is 135 cm³/mol. The highest BCUT2D eigenvalue weighted by atomic mass is 35.5. The standard InChI is InChI=1S/C28H30ClN3O/c29-26-14-7-6-13-25(26)28-24-12-5-4-9-22(24)21-27(33)32(28)16-8-15-30-17-19-31(20-18-30)23-10-2-1-3-11-23/h1-7,9-14,28H,8,15-21H2. The van der Waals surface area contributed by atoms with Gasteiger partial charge in [0.2, 0.25) is 5.91 Å². The summed E-state index contributed by atoms with van der Waals surface area (Å²) < 4.78 is 0. The summed E-state index contributed by atoms with van der Waals surface area (Å²) in [6.07, 6.45) is 1.42. The Kier molecular flexibility index (Phi) is 6.65. The number of fused-ring (bicyclic) bond motifs is 1. The van der Waals surface area contributed by atoms with Crippen molar-refractivity contribution >= 4 is 23.2 Å². The zero-order valence-corrected chi connectivity index (χ0v) is 19.6. The number of benzene rings is 3. The maximum absolute atomic E-state index is 13.2. The molecule has 3 aromatic carbocycles. The molecule has 4 nitrogen and oxygen atoms in total. The largest absolute Gasteiger partial charge is 0.369 e. The van der Waals surface area contributed by atoms with Gasteiger partial charge in [0.05, 0.1) is 12.5 Å². The fraction of sp³-hybridized carbons (Fsp3) is 0.321. The molecule has 1 unspecified atom stereocenters. The van der Waals surface area contributed by atoms with E-state index in [1.54, 1.807) is 0 Å². The van der Waals surface area contributed by atoms with Gasteiger partial charge in [-0.2, -0.15) is 0 Å². The van der Waals surface area contributed by atoms with Gasteiger partial charge in [0.25, 0.3) is 0 Å². The number of amides is 1. The van der Waals surface area contributed by atoms with E-state index >= 15 is 0 Å². The summed E-state index contributed by atoms with van der Waals surface area (Å²) >= 11 is 6.61. The van der Waals surface area contributed by atoms with Crippen LogP contribution in [0.5, 0.6) is 0 Å². The molecule has 1 fully saturated rings. The van der Waals surface area contributed by atoms with Crippen LogP contribution in [-0.2, 0) is 11.2 Å². The highest BCUT2D eigenvalue weighted by molar-refractivity contribution is 6.31. The van der Waals surface area contributed by atoms with E-state index in [2.05, 4.69) is 64.4 Å². The van der Waals surface area contributed by atoms with Gasteiger partial charge in [0.15, 0.2) is 0 Å². The Morgan fingerprint density at radius 3 is 2.18 bits per heavy atom. The molecular formula is C28H30ClN3O. The second kappa shape index (κ2) is 9.98. The van der Waals surface area contributed by atoms with Crippen LogP contribution in [-0.4, -0.2) is 55.0 Å². The molecule has 5 heteroatoms. The lowest BCUT2D eigenvalue weighted by Crippen LogP contribution is -2.47. The number of carbonyl (C=O) groups excluding carboxylic acids is 1. The zero-order chi connectivity index (χ0) is 22.6. The predicted octanol–water partition coefficient (Wildman–Crippen LogP) is 5.03. The van der Waals surface area contributed by atoms with Crippen molar-refractivity contribution in [3.8, 4) is 0 Å². The minimum absolute atomic E-state index is 0.119. The summed E-state index contributed by atoms with van der Waals surface area (Å²) in [6.45, 7) is 5.94. The number of hydrogen-bond acceptors (Lipinski definition) is 3. The molecule has 5 rings (SSSR count). The van der Waals surface area contributed by atoms with E-state index in [9.17, 15) is 4.79 Å². The molecule has 1 atom stereocenters. The highest BCUT2D eigenvalue weighted by Gasteiger charge is 2.34. The lowest BCUT2D eigenvalue weighted by Gasteiger charge is -2.39. The number of para-hydroxylation sites is 1. The summed E-state index contributed by atoms with van der Waals surface area (Å²) in [6, 6.07) is 26.7. The van der Waals surface area contributed by atoms with Crippen molar-refractivity contribution in [1.29, 1.82) is 0 Å². The van der Waals surface area contributed by atoms with Crippen molar-refractivity contribution in [2.45, 2.75) is 18.9 Å². The SMILES string of the molecule is O=C1Cc2ccccc2C(c2ccccc2Cl)N1CCCN1CCN(c2ccccc2)CC1. The van der Waals surface area contributed by atoms with Crippen molar-refractivity contribution in [3.05, 3.63) is 101 Å². The number of anilines is 1. The molecule has 0 radical (unpaired) electrons. The van der Waals surface area contributed by atoms with Crippen molar-refractivity contribution in [2.75, 3.05) is 44.2 Å². The molecule has 2 aliphatic rings. The van der Waals surface area contributed by atoms with Gasteiger partial charge in [-0.3, -0.25) is 9.69 Å². The third-order valence-electron chi connectivity index (χ3n) is 6.89. The molecule has 2 aliphatic heterocycles. The van der Waals surface area contributed by atoms with Crippen LogP contribution in [0.25, 0.3) is 0 Å². The van der Waals surface area contributed by atoms with Crippen molar-refractivity contribution < 1.29 is 4.79 Å². The second-order valence-corrected chi connectivity index (χ2v) is 9.31. The maximum Gasteiger partial charge on any atom is 0.227 e. The number of hydrogen-bond donors (Lipinski definition) is 0. The fourth-order valence-corrected chi connectivity index (χ4v) is 5.40. The maximum atomic E-state index is 13.2. The monoisotopic (exact) mass is 459 g/mol. The summed E-state index contributed by atoms with van der Waals surface area (Å²) in [5.41, 5.74) is 4.62. The van der Waals surface area contributed by atoms with Gasteiger partial charge in [-0.1, -0.05) is 72.3 Å². The Morgan fingerprint density at radius 1 is 0.758 bits per heavy atom. The average Bonchev–Trinajstić information content (AvgIpc) is 2.86. The first-order chi connectivity index (χ1) is 16.2. The van der Waals surface area contributed by atoms with Gasteiger partial charge in [-0.05, 0) is 47.9 Å². The fourth-order valence-electron chi connectivity index (χ4n) is 5.16. The minimum atomic E-state index is -0.119. The first kappa shape index (κ1) is 22.0. The number of piperazine rings is 1. The van der Waals surface area contributed by atoms with Crippen LogP contribution in [0, 0.1) is 0 Å². The molecular weight excluding hydrogens is 430 g/mol. The Labute approximate surface area is 201 Å². The Hall–Kier alpha value is -2.82. The van der Waals surface area contributed by atoms with Crippen molar-refractivity contribution in [1.82, 2.24) is 9.80 Å². The van der Waals surface area contributed by atoms with Crippen LogP contribution in [0.1, 0.15) is 29.2 Å². The number of nitrogens with zero attached hydrogens (tertiary/aromatic N) is 3. The van der Waals surface area contributed by atoms with E-state index in [1.165, 1.54) is 11.3 Å². The quantitative estimate of drug-likeness (QED) is 0.517. The third-order valence-corrected chi connectivity index (χ3v) is 7.23. The van der Waals surface area contributed by atoms with Gasteiger partial charge >= 0.3 is 0 Å². The van der Waals surface area contributed by atoms with Crippen LogP contribution < -0.4 is 4.90 Å². The number of rotatable bonds is 6. The van der Waals surface area contributed by atoms with E-state index in [4.69, 9.17) is 11.6 Å². The average molecular weight is 460 g/mol. The molecule has 170 valence electrons. The van der Waals surface area contributed by atoms with Gasteiger partial charge in [-0.15, -0.1) is 0 Å². The molecule has 0 saturated carbocycles. The van der Waals surface area contributed by atoms with E-state index in [0.717, 1.165) is 56.8 Å². The van der Waals surface area contributed by atoms with Crippen LogP contribution in [0.3, 0.4) is 0 Å². The molecule has 1 saturated heterocycles. The number of halogens is 1. The van der Waals surface area contributed by atoms with E-state index in [0.29, 0.717) is 11.4 Å². The zero-order valence-electron chi connectivity index (χ0n) is 18.9. The normalized spacial score (nSPS) is 18.9. The second-order valence-electron chi connectivity index (χ2n) is 8.90. The van der Waals surface area contributed by atoms with Gasteiger partial charge < -0.3 is 9.80 Å². The van der Waals surface area contributed by atoms with Crippen molar-refractivity contribution in [2.24, 2.45) is 0 Å². The Morgan fingerprint density at radius 2 is 1.42 bits per heavy atom. The van der Waals surface area contributed by atoms with E-state index in [-0.39, 0.29) is 11.9 Å². The molecule has 1 amide bonds. The molecule has 0 spiro atoms. The van der Waals surface area contributed by atoms with E-state index < -0.39 is 0 Å². The summed E-state index contributed by atoms with van der Waals surface area (Å²) in [5.74, 6) is 0.188. The first-order valence-electron chi connectivity index (χ1n) is 11.8. The molecule has 0 aliphatic carbocycles. The molecule has 33 heavy (non-hydrogen) atoms. The first-order valence-corrected chi connectivity index (χ1v) is 12.2. The molecule has 3 aromatic rings. The molecule has 0 N–H and O–H groups in total. The minimum Gasteiger partial charge on any atom is -0.369 e. The molecule has 0 bridgehead atoms. The van der Waals surface area contributed by atoms with Crippen LogP contribution in [0.2, 0.25) is 5.02 Å².